The number of hydrogen-bond donors (Lipinski definition) is 1. The third kappa shape index (κ3) is 3.11. The Labute approximate surface area is 142 Å². The zero-order valence-corrected chi connectivity index (χ0v) is 13.6. The molecule has 2 aromatic heterocycles. The lowest BCUT2D eigenvalue weighted by atomic mass is 10.1. The van der Waals surface area contributed by atoms with E-state index in [0.29, 0.717) is 17.8 Å². The summed E-state index contributed by atoms with van der Waals surface area (Å²) >= 11 is 0. The van der Waals surface area contributed by atoms with E-state index in [1.807, 2.05) is 6.07 Å². The summed E-state index contributed by atoms with van der Waals surface area (Å²) in [5.41, 5.74) is 2.17. The van der Waals surface area contributed by atoms with Gasteiger partial charge >= 0.3 is 5.97 Å². The number of carbonyl (C=O) groups excluding carboxylic acids is 1. The summed E-state index contributed by atoms with van der Waals surface area (Å²) in [6.45, 7) is 1.98. The van der Waals surface area contributed by atoms with Crippen molar-refractivity contribution in [3.63, 3.8) is 0 Å². The average molecular weight is 341 g/mol. The highest BCUT2D eigenvalue weighted by molar-refractivity contribution is 5.95. The number of methoxy groups -OCH3 is 1. The predicted octanol–water partition coefficient (Wildman–Crippen LogP) is 2.34. The summed E-state index contributed by atoms with van der Waals surface area (Å²) in [4.78, 5) is 26.7. The number of rotatable bonds is 5. The molecule has 0 spiro atoms. The monoisotopic (exact) mass is 341 g/mol. The van der Waals surface area contributed by atoms with Crippen molar-refractivity contribution in [3.05, 3.63) is 63.6 Å². The van der Waals surface area contributed by atoms with Crippen molar-refractivity contribution in [1.82, 2.24) is 14.6 Å². The van der Waals surface area contributed by atoms with E-state index >= 15 is 0 Å². The summed E-state index contributed by atoms with van der Waals surface area (Å²) in [6, 6.07) is 6.63. The third-order valence-electron chi connectivity index (χ3n) is 3.73. The number of nitrogens with zero attached hydrogens (tertiary/aromatic N) is 4. The van der Waals surface area contributed by atoms with E-state index in [-0.39, 0.29) is 11.3 Å². The van der Waals surface area contributed by atoms with E-state index in [1.165, 1.54) is 13.2 Å². The van der Waals surface area contributed by atoms with Gasteiger partial charge in [0.2, 0.25) is 0 Å². The number of aromatic nitrogens is 3. The molecule has 0 atom stereocenters. The Morgan fingerprint density at radius 2 is 2.16 bits per heavy atom. The van der Waals surface area contributed by atoms with Crippen molar-refractivity contribution in [1.29, 1.82) is 0 Å². The molecule has 0 fully saturated rings. The molecule has 0 aliphatic heterocycles. The van der Waals surface area contributed by atoms with Crippen LogP contribution in [-0.2, 0) is 11.3 Å². The van der Waals surface area contributed by atoms with Crippen molar-refractivity contribution in [2.75, 3.05) is 12.4 Å². The van der Waals surface area contributed by atoms with Crippen molar-refractivity contribution in [2.24, 2.45) is 0 Å². The summed E-state index contributed by atoms with van der Waals surface area (Å²) in [5.74, 6) is -0.753. The zero-order valence-electron chi connectivity index (χ0n) is 13.6. The van der Waals surface area contributed by atoms with Gasteiger partial charge in [-0.2, -0.15) is 5.10 Å². The molecular formula is C16H15N5O4. The minimum Gasteiger partial charge on any atom is -0.465 e. The number of fused-ring (bicyclic) bond motifs is 1. The summed E-state index contributed by atoms with van der Waals surface area (Å²) in [6.07, 6.45) is 3.33. The van der Waals surface area contributed by atoms with Crippen LogP contribution in [0, 0.1) is 17.0 Å². The normalized spacial score (nSPS) is 10.6. The second-order valence-electron chi connectivity index (χ2n) is 5.33. The van der Waals surface area contributed by atoms with Crippen LogP contribution in [0.5, 0.6) is 0 Å². The van der Waals surface area contributed by atoms with Crippen molar-refractivity contribution >= 4 is 23.0 Å². The minimum absolute atomic E-state index is 0.0889. The molecule has 128 valence electrons. The van der Waals surface area contributed by atoms with Gasteiger partial charge < -0.3 is 10.1 Å². The summed E-state index contributed by atoms with van der Waals surface area (Å²) in [7, 11) is 1.19. The molecule has 1 aromatic carbocycles. The molecule has 9 nitrogen and oxygen atoms in total. The van der Waals surface area contributed by atoms with Crippen LogP contribution in [0.2, 0.25) is 0 Å². The molecule has 3 rings (SSSR count). The lowest BCUT2D eigenvalue weighted by Gasteiger charge is -2.11. The fraction of sp³-hybridized carbons (Fsp3) is 0.188. The molecule has 0 saturated heterocycles. The second-order valence-corrected chi connectivity index (χ2v) is 5.33. The Balaban J connectivity index is 1.93. The van der Waals surface area contributed by atoms with Crippen molar-refractivity contribution < 1.29 is 14.5 Å². The smallest absolute Gasteiger partial charge is 0.344 e. The Morgan fingerprint density at radius 1 is 1.36 bits per heavy atom. The largest absolute Gasteiger partial charge is 0.465 e. The van der Waals surface area contributed by atoms with Crippen LogP contribution in [0.25, 0.3) is 5.65 Å². The van der Waals surface area contributed by atoms with Gasteiger partial charge in [0.05, 0.1) is 30.5 Å². The molecule has 0 aliphatic rings. The van der Waals surface area contributed by atoms with Gasteiger partial charge in [-0.05, 0) is 25.1 Å². The van der Waals surface area contributed by atoms with Crippen LogP contribution in [-0.4, -0.2) is 32.6 Å². The van der Waals surface area contributed by atoms with Gasteiger partial charge in [-0.1, -0.05) is 0 Å². The van der Waals surface area contributed by atoms with Crippen LogP contribution < -0.4 is 5.32 Å². The number of carbonyl (C=O) groups is 1. The quantitative estimate of drug-likeness (QED) is 0.430. The molecule has 0 saturated carbocycles. The van der Waals surface area contributed by atoms with Gasteiger partial charge in [-0.3, -0.25) is 10.1 Å². The first kappa shape index (κ1) is 16.4. The number of nitro benzene ring substituents is 1. The number of nitro groups is 1. The Morgan fingerprint density at radius 3 is 2.88 bits per heavy atom. The fourth-order valence-corrected chi connectivity index (χ4v) is 2.60. The van der Waals surface area contributed by atoms with Gasteiger partial charge in [0, 0.05) is 23.5 Å². The van der Waals surface area contributed by atoms with Crippen molar-refractivity contribution in [2.45, 2.75) is 13.5 Å². The molecule has 0 unspecified atom stereocenters. The SMILES string of the molecule is COC(=O)c1cc(NCc2ccnc3ccnn23)cc(C)c1[N+](=O)[O-]. The van der Waals surface area contributed by atoms with Crippen LogP contribution in [0.15, 0.2) is 36.7 Å². The first-order chi connectivity index (χ1) is 12.0. The maximum Gasteiger partial charge on any atom is 0.344 e. The zero-order chi connectivity index (χ0) is 18.0. The number of benzene rings is 1. The maximum absolute atomic E-state index is 11.9. The first-order valence-corrected chi connectivity index (χ1v) is 7.40. The van der Waals surface area contributed by atoms with Crippen LogP contribution in [0.3, 0.4) is 0 Å². The molecular weight excluding hydrogens is 326 g/mol. The van der Waals surface area contributed by atoms with Gasteiger partial charge in [-0.15, -0.1) is 0 Å². The fourth-order valence-electron chi connectivity index (χ4n) is 2.60. The van der Waals surface area contributed by atoms with Crippen molar-refractivity contribution in [3.8, 4) is 0 Å². The van der Waals surface area contributed by atoms with E-state index in [4.69, 9.17) is 0 Å². The van der Waals surface area contributed by atoms with Crippen LogP contribution in [0.1, 0.15) is 21.6 Å². The molecule has 0 bridgehead atoms. The highest BCUT2D eigenvalue weighted by Gasteiger charge is 2.24. The molecule has 9 heteroatoms. The second kappa shape index (κ2) is 6.56. The number of nitrogens with one attached hydrogen (secondary N) is 1. The Bertz CT molecular complexity index is 966. The lowest BCUT2D eigenvalue weighted by molar-refractivity contribution is -0.385. The highest BCUT2D eigenvalue weighted by Crippen LogP contribution is 2.28. The standard InChI is InChI=1S/C16H15N5O4/c1-10-7-11(8-13(16(22)25-2)15(10)21(23)24)18-9-12-3-5-17-14-4-6-19-20(12)14/h3-8,18H,9H2,1-2H3. The Hall–Kier alpha value is -3.49. The van der Waals surface area contributed by atoms with Crippen LogP contribution >= 0.6 is 0 Å². The van der Waals surface area contributed by atoms with Gasteiger partial charge in [0.15, 0.2) is 5.65 Å². The molecule has 25 heavy (non-hydrogen) atoms. The van der Waals surface area contributed by atoms with Crippen LogP contribution in [0.4, 0.5) is 11.4 Å². The number of anilines is 1. The number of aryl methyl sites for hydroxylation is 1. The molecule has 3 aromatic rings. The van der Waals surface area contributed by atoms with E-state index in [2.05, 4.69) is 20.1 Å². The van der Waals surface area contributed by atoms with E-state index in [0.717, 1.165) is 11.3 Å². The van der Waals surface area contributed by atoms with Gasteiger partial charge in [0.25, 0.3) is 5.69 Å². The Kier molecular flexibility index (Phi) is 4.29. The van der Waals surface area contributed by atoms with Gasteiger partial charge in [0.1, 0.15) is 5.56 Å². The number of hydrogen-bond acceptors (Lipinski definition) is 7. The van der Waals surface area contributed by atoms with Gasteiger partial charge in [-0.25, -0.2) is 14.3 Å². The maximum atomic E-state index is 11.9. The lowest BCUT2D eigenvalue weighted by Crippen LogP contribution is -2.10. The summed E-state index contributed by atoms with van der Waals surface area (Å²) in [5, 5.41) is 18.6. The highest BCUT2D eigenvalue weighted by atomic mass is 16.6. The molecule has 1 N–H and O–H groups in total. The molecule has 0 aliphatic carbocycles. The number of esters is 1. The topological polar surface area (TPSA) is 112 Å². The average Bonchev–Trinajstić information content (AvgIpc) is 3.07. The number of ether oxygens (including phenoxy) is 1. The van der Waals surface area contributed by atoms with E-state index in [1.54, 1.807) is 36.0 Å². The molecule has 2 heterocycles. The molecule has 0 amide bonds. The van der Waals surface area contributed by atoms with E-state index < -0.39 is 10.9 Å². The predicted molar refractivity (Wildman–Crippen MR) is 89.5 cm³/mol. The molecule has 0 radical (unpaired) electrons. The third-order valence-corrected chi connectivity index (χ3v) is 3.73. The summed E-state index contributed by atoms with van der Waals surface area (Å²) < 4.78 is 6.34. The first-order valence-electron chi connectivity index (χ1n) is 7.40. The van der Waals surface area contributed by atoms with E-state index in [9.17, 15) is 14.9 Å². The minimum atomic E-state index is -0.753.